The van der Waals surface area contributed by atoms with Crippen LogP contribution >= 0.6 is 0 Å². The van der Waals surface area contributed by atoms with Gasteiger partial charge in [-0.3, -0.25) is 4.79 Å². The number of amides is 1. The molecule has 0 atom stereocenters. The van der Waals surface area contributed by atoms with E-state index in [1.165, 1.54) is 5.57 Å². The number of benzene rings is 2. The number of carbonyl (C=O) groups is 2. The summed E-state index contributed by atoms with van der Waals surface area (Å²) in [5.74, 6) is -0.712. The van der Waals surface area contributed by atoms with Crippen LogP contribution in [0.15, 0.2) is 48.5 Å². The number of fused-ring (bicyclic) bond motifs is 1. The molecule has 0 heterocycles. The van der Waals surface area contributed by atoms with Crippen molar-refractivity contribution in [3.8, 4) is 0 Å². The third kappa shape index (κ3) is 3.58. The van der Waals surface area contributed by atoms with Crippen molar-refractivity contribution in [3.05, 3.63) is 76.4 Å². The molecule has 2 aromatic rings. The van der Waals surface area contributed by atoms with Gasteiger partial charge in [0.25, 0.3) is 5.91 Å². The Labute approximate surface area is 171 Å². The van der Waals surface area contributed by atoms with E-state index in [1.54, 1.807) is 7.05 Å². The van der Waals surface area contributed by atoms with Gasteiger partial charge in [-0.2, -0.15) is 5.48 Å². The number of nitrogens with one attached hydrogen (secondary N) is 2. The normalized spacial score (nSPS) is 16.8. The van der Waals surface area contributed by atoms with Crippen molar-refractivity contribution < 1.29 is 14.4 Å². The smallest absolute Gasteiger partial charge is 0.351 e. The van der Waals surface area contributed by atoms with Crippen molar-refractivity contribution in [2.45, 2.75) is 44.6 Å². The summed E-state index contributed by atoms with van der Waals surface area (Å²) in [6, 6.07) is 13.7. The van der Waals surface area contributed by atoms with Gasteiger partial charge < -0.3 is 10.2 Å². The lowest BCUT2D eigenvalue weighted by Crippen LogP contribution is -2.57. The number of rotatable bonds is 5. The fourth-order valence-corrected chi connectivity index (χ4v) is 4.56. The summed E-state index contributed by atoms with van der Waals surface area (Å²) >= 11 is 0. The predicted molar refractivity (Wildman–Crippen MR) is 112 cm³/mol. The fourth-order valence-electron chi connectivity index (χ4n) is 4.56. The van der Waals surface area contributed by atoms with E-state index in [1.807, 2.05) is 49.4 Å². The third-order valence-electron chi connectivity index (χ3n) is 5.92. The van der Waals surface area contributed by atoms with Crippen LogP contribution in [-0.2, 0) is 22.5 Å². The zero-order valence-corrected chi connectivity index (χ0v) is 16.9. The van der Waals surface area contributed by atoms with Gasteiger partial charge in [-0.15, -0.1) is 0 Å². The Balaban J connectivity index is 1.69. The van der Waals surface area contributed by atoms with Crippen molar-refractivity contribution in [2.75, 3.05) is 7.05 Å². The first-order valence-corrected chi connectivity index (χ1v) is 10.1. The van der Waals surface area contributed by atoms with Crippen LogP contribution in [0.3, 0.4) is 0 Å². The van der Waals surface area contributed by atoms with E-state index >= 15 is 0 Å². The van der Waals surface area contributed by atoms with Gasteiger partial charge in [-0.25, -0.2) is 4.79 Å². The van der Waals surface area contributed by atoms with E-state index in [-0.39, 0.29) is 5.91 Å². The van der Waals surface area contributed by atoms with Crippen LogP contribution in [0.25, 0.3) is 5.57 Å². The number of aryl methyl sites for hydroxylation is 1. The van der Waals surface area contributed by atoms with Gasteiger partial charge in [0.2, 0.25) is 0 Å². The molecule has 0 saturated carbocycles. The van der Waals surface area contributed by atoms with E-state index in [0.29, 0.717) is 18.4 Å². The van der Waals surface area contributed by atoms with E-state index in [4.69, 9.17) is 4.84 Å². The monoisotopic (exact) mass is 390 g/mol. The Morgan fingerprint density at radius 1 is 1.03 bits per heavy atom. The molecule has 5 heteroatoms. The molecule has 0 aromatic heterocycles. The minimum atomic E-state index is -1.12. The summed E-state index contributed by atoms with van der Waals surface area (Å²) in [6.45, 7) is 2.03. The topological polar surface area (TPSA) is 67.4 Å². The van der Waals surface area contributed by atoms with Crippen LogP contribution in [-0.4, -0.2) is 24.5 Å². The van der Waals surface area contributed by atoms with Crippen molar-refractivity contribution >= 4 is 17.4 Å². The number of allylic oxidation sites excluding steroid dienone is 2. The molecule has 1 amide bonds. The van der Waals surface area contributed by atoms with E-state index in [9.17, 15) is 9.59 Å². The van der Waals surface area contributed by atoms with Crippen molar-refractivity contribution in [3.63, 3.8) is 0 Å². The zero-order valence-electron chi connectivity index (χ0n) is 16.9. The van der Waals surface area contributed by atoms with Crippen LogP contribution < -0.4 is 10.8 Å². The standard InChI is InChI=1S/C24H26N2O3/c1-16-8-7-13-20(21(16)17-9-3-4-10-17)22(27)26-24(23(28)29-25-2)14-18-11-5-6-12-19(18)15-24/h5-9,11-13,25H,3-4,10,14-15H2,1-2H3,(H,26,27). The summed E-state index contributed by atoms with van der Waals surface area (Å²) in [5.41, 5.74) is 7.37. The van der Waals surface area contributed by atoms with Crippen LogP contribution in [0.2, 0.25) is 0 Å². The first-order chi connectivity index (χ1) is 14.0. The molecule has 0 fully saturated rings. The Hall–Kier alpha value is -2.92. The van der Waals surface area contributed by atoms with Crippen LogP contribution in [0.5, 0.6) is 0 Å². The first kappa shape index (κ1) is 19.4. The summed E-state index contributed by atoms with van der Waals surface area (Å²) in [6.07, 6.45) is 6.18. The maximum Gasteiger partial charge on any atom is 0.351 e. The van der Waals surface area contributed by atoms with Gasteiger partial charge in [0.15, 0.2) is 0 Å². The molecule has 0 spiro atoms. The van der Waals surface area contributed by atoms with Gasteiger partial charge >= 0.3 is 5.97 Å². The van der Waals surface area contributed by atoms with Gasteiger partial charge in [-0.05, 0) is 60.1 Å². The largest absolute Gasteiger partial charge is 0.369 e. The number of hydrogen-bond donors (Lipinski definition) is 2. The van der Waals surface area contributed by atoms with Crippen LogP contribution in [0, 0.1) is 6.92 Å². The highest BCUT2D eigenvalue weighted by Gasteiger charge is 2.47. The summed E-state index contributed by atoms with van der Waals surface area (Å²) < 4.78 is 0. The Morgan fingerprint density at radius 2 is 1.76 bits per heavy atom. The van der Waals surface area contributed by atoms with Crippen LogP contribution in [0.1, 0.15) is 51.9 Å². The molecule has 150 valence electrons. The zero-order chi connectivity index (χ0) is 20.4. The van der Waals surface area contributed by atoms with Gasteiger partial charge in [0, 0.05) is 25.5 Å². The maximum atomic E-state index is 13.4. The lowest BCUT2D eigenvalue weighted by Gasteiger charge is -2.28. The van der Waals surface area contributed by atoms with Crippen molar-refractivity contribution in [2.24, 2.45) is 0 Å². The number of hydrogen-bond acceptors (Lipinski definition) is 4. The molecular formula is C24H26N2O3. The lowest BCUT2D eigenvalue weighted by atomic mass is 9.91. The summed E-state index contributed by atoms with van der Waals surface area (Å²) in [5, 5.41) is 3.05. The molecule has 0 aliphatic heterocycles. The maximum absolute atomic E-state index is 13.4. The minimum absolute atomic E-state index is 0.239. The molecule has 4 rings (SSSR count). The van der Waals surface area contributed by atoms with Crippen molar-refractivity contribution in [1.82, 2.24) is 10.8 Å². The summed E-state index contributed by atoms with van der Waals surface area (Å²) in [4.78, 5) is 31.5. The molecule has 2 N–H and O–H groups in total. The molecule has 5 nitrogen and oxygen atoms in total. The Bertz CT molecular complexity index is 968. The van der Waals surface area contributed by atoms with E-state index in [0.717, 1.165) is 41.5 Å². The molecule has 0 unspecified atom stereocenters. The first-order valence-electron chi connectivity index (χ1n) is 10.1. The number of hydroxylamine groups is 1. The molecular weight excluding hydrogens is 364 g/mol. The summed E-state index contributed by atoms with van der Waals surface area (Å²) in [7, 11) is 1.54. The highest BCUT2D eigenvalue weighted by Crippen LogP contribution is 2.34. The lowest BCUT2D eigenvalue weighted by molar-refractivity contribution is -0.157. The average Bonchev–Trinajstić information content (AvgIpc) is 3.36. The molecule has 0 bridgehead atoms. The molecule has 2 aliphatic rings. The van der Waals surface area contributed by atoms with Crippen LogP contribution in [0.4, 0.5) is 0 Å². The minimum Gasteiger partial charge on any atom is -0.369 e. The fraction of sp³-hybridized carbons (Fsp3) is 0.333. The van der Waals surface area contributed by atoms with Crippen molar-refractivity contribution in [1.29, 1.82) is 0 Å². The van der Waals surface area contributed by atoms with Gasteiger partial charge in [0.1, 0.15) is 5.54 Å². The second kappa shape index (κ2) is 7.84. The second-order valence-corrected chi connectivity index (χ2v) is 7.87. The predicted octanol–water partition coefficient (Wildman–Crippen LogP) is 3.51. The Kier molecular flexibility index (Phi) is 5.24. The highest BCUT2D eigenvalue weighted by molar-refractivity contribution is 6.03. The van der Waals surface area contributed by atoms with E-state index < -0.39 is 11.5 Å². The highest BCUT2D eigenvalue weighted by atomic mass is 16.7. The van der Waals surface area contributed by atoms with Gasteiger partial charge in [0.05, 0.1) is 0 Å². The molecule has 2 aliphatic carbocycles. The van der Waals surface area contributed by atoms with E-state index in [2.05, 4.69) is 16.9 Å². The third-order valence-corrected chi connectivity index (χ3v) is 5.92. The molecule has 0 radical (unpaired) electrons. The SMILES string of the molecule is CNOC(=O)C1(NC(=O)c2cccc(C)c2C2=CCCC2)Cc2ccccc2C1. The quantitative estimate of drug-likeness (QED) is 0.767. The molecule has 29 heavy (non-hydrogen) atoms. The Morgan fingerprint density at radius 3 is 2.38 bits per heavy atom. The second-order valence-electron chi connectivity index (χ2n) is 7.87. The molecule has 0 saturated heterocycles. The van der Waals surface area contributed by atoms with Gasteiger partial charge in [-0.1, -0.05) is 42.5 Å². The average molecular weight is 390 g/mol. The number of carbonyl (C=O) groups excluding carboxylic acids is 2. The molecule has 2 aromatic carbocycles.